The van der Waals surface area contributed by atoms with E-state index in [-0.39, 0.29) is 5.82 Å². The molecule has 3 rings (SSSR count). The first kappa shape index (κ1) is 14.9. The number of likely N-dealkylation sites (N-methyl/N-ethyl adjacent to an activating group) is 1. The number of nitrogens with zero attached hydrogens (tertiary/aromatic N) is 2. The summed E-state index contributed by atoms with van der Waals surface area (Å²) in [5, 5.41) is 10.9. The summed E-state index contributed by atoms with van der Waals surface area (Å²) in [6.07, 6.45) is 0. The minimum Gasteiger partial charge on any atom is -0.480 e. The van der Waals surface area contributed by atoms with Crippen molar-refractivity contribution in [2.75, 3.05) is 33.2 Å². The van der Waals surface area contributed by atoms with Gasteiger partial charge in [0.2, 0.25) is 0 Å². The first-order valence-electron chi connectivity index (χ1n) is 7.40. The summed E-state index contributed by atoms with van der Waals surface area (Å²) in [5.41, 5.74) is 0.661. The Morgan fingerprint density at radius 3 is 2.36 bits per heavy atom. The molecule has 1 heterocycles. The lowest BCUT2D eigenvalue weighted by atomic mass is 9.97. The number of aliphatic carboxylic acids is 1. The number of benzene rings is 2. The van der Waals surface area contributed by atoms with Gasteiger partial charge in [-0.25, -0.2) is 4.39 Å². The SMILES string of the molecule is CN1CCN(C(C(=O)O)c2ccc(F)c3ccccc23)CC1. The Bertz CT molecular complexity index is 696. The highest BCUT2D eigenvalue weighted by molar-refractivity contribution is 5.91. The normalized spacial score (nSPS) is 18.5. The maximum atomic E-state index is 14.0. The molecule has 0 bridgehead atoms. The zero-order chi connectivity index (χ0) is 15.7. The third kappa shape index (κ3) is 2.69. The second-order valence-electron chi connectivity index (χ2n) is 5.76. The van der Waals surface area contributed by atoms with Crippen molar-refractivity contribution in [1.82, 2.24) is 9.80 Å². The van der Waals surface area contributed by atoms with Crippen molar-refractivity contribution in [3.05, 3.63) is 47.8 Å². The van der Waals surface area contributed by atoms with E-state index in [1.165, 1.54) is 6.07 Å². The lowest BCUT2D eigenvalue weighted by Crippen LogP contribution is -2.47. The second-order valence-corrected chi connectivity index (χ2v) is 5.76. The average Bonchev–Trinajstić information content (AvgIpc) is 2.52. The number of carbonyl (C=O) groups is 1. The molecule has 1 atom stereocenters. The van der Waals surface area contributed by atoms with Crippen molar-refractivity contribution < 1.29 is 14.3 Å². The molecule has 0 saturated carbocycles. The third-order valence-electron chi connectivity index (χ3n) is 4.34. The molecule has 0 amide bonds. The highest BCUT2D eigenvalue weighted by Gasteiger charge is 2.31. The van der Waals surface area contributed by atoms with Crippen LogP contribution in [0.1, 0.15) is 11.6 Å². The van der Waals surface area contributed by atoms with Crippen molar-refractivity contribution in [1.29, 1.82) is 0 Å². The Balaban J connectivity index is 2.06. The predicted octanol–water partition coefficient (Wildman–Crippen LogP) is 2.35. The van der Waals surface area contributed by atoms with Gasteiger partial charge in [0.05, 0.1) is 0 Å². The van der Waals surface area contributed by atoms with Gasteiger partial charge in [-0.3, -0.25) is 9.69 Å². The van der Waals surface area contributed by atoms with Crippen LogP contribution in [0.2, 0.25) is 0 Å². The molecule has 1 N–H and O–H groups in total. The molecule has 0 aliphatic carbocycles. The number of halogens is 1. The van der Waals surface area contributed by atoms with E-state index in [1.54, 1.807) is 24.3 Å². The summed E-state index contributed by atoms with van der Waals surface area (Å²) >= 11 is 0. The van der Waals surface area contributed by atoms with E-state index in [4.69, 9.17) is 0 Å². The van der Waals surface area contributed by atoms with Gasteiger partial charge in [-0.2, -0.15) is 0 Å². The Labute approximate surface area is 128 Å². The highest BCUT2D eigenvalue weighted by atomic mass is 19.1. The summed E-state index contributed by atoms with van der Waals surface area (Å²) in [4.78, 5) is 16.0. The minimum atomic E-state index is -0.888. The van der Waals surface area contributed by atoms with E-state index in [0.29, 0.717) is 29.4 Å². The fourth-order valence-electron chi connectivity index (χ4n) is 3.09. The van der Waals surface area contributed by atoms with Crippen molar-refractivity contribution >= 4 is 16.7 Å². The van der Waals surface area contributed by atoms with Crippen molar-refractivity contribution in [2.45, 2.75) is 6.04 Å². The summed E-state index contributed by atoms with van der Waals surface area (Å²) in [6, 6.07) is 9.30. The number of rotatable bonds is 3. The summed E-state index contributed by atoms with van der Waals surface area (Å²) in [7, 11) is 2.03. The Morgan fingerprint density at radius 2 is 1.73 bits per heavy atom. The van der Waals surface area contributed by atoms with Crippen LogP contribution >= 0.6 is 0 Å². The first-order chi connectivity index (χ1) is 10.6. The molecule has 0 spiro atoms. The zero-order valence-corrected chi connectivity index (χ0v) is 12.5. The van der Waals surface area contributed by atoms with Crippen molar-refractivity contribution in [2.24, 2.45) is 0 Å². The zero-order valence-electron chi connectivity index (χ0n) is 12.5. The number of hydrogen-bond acceptors (Lipinski definition) is 3. The molecule has 2 aromatic carbocycles. The van der Waals surface area contributed by atoms with Crippen LogP contribution in [0.3, 0.4) is 0 Å². The van der Waals surface area contributed by atoms with E-state index in [2.05, 4.69) is 4.90 Å². The van der Waals surface area contributed by atoms with Crippen LogP contribution in [0.25, 0.3) is 10.8 Å². The summed E-state index contributed by atoms with van der Waals surface area (Å²) < 4.78 is 14.0. The molecule has 1 aliphatic rings. The van der Waals surface area contributed by atoms with Gasteiger partial charge in [-0.15, -0.1) is 0 Å². The Kier molecular flexibility index (Phi) is 4.09. The van der Waals surface area contributed by atoms with Gasteiger partial charge in [-0.05, 0) is 24.1 Å². The number of carboxylic acids is 1. The smallest absolute Gasteiger partial charge is 0.325 e. The second kappa shape index (κ2) is 6.02. The van der Waals surface area contributed by atoms with Gasteiger partial charge >= 0.3 is 5.97 Å². The Morgan fingerprint density at radius 1 is 1.09 bits per heavy atom. The van der Waals surface area contributed by atoms with E-state index in [9.17, 15) is 14.3 Å². The van der Waals surface area contributed by atoms with Gasteiger partial charge in [0, 0.05) is 31.6 Å². The van der Waals surface area contributed by atoms with Gasteiger partial charge < -0.3 is 10.0 Å². The van der Waals surface area contributed by atoms with Gasteiger partial charge in [0.15, 0.2) is 0 Å². The number of fused-ring (bicyclic) bond motifs is 1. The van der Waals surface area contributed by atoms with Crippen LogP contribution in [-0.2, 0) is 4.79 Å². The molecule has 116 valence electrons. The maximum absolute atomic E-state index is 14.0. The molecule has 5 heteroatoms. The van der Waals surface area contributed by atoms with E-state index in [1.807, 2.05) is 18.0 Å². The molecule has 1 saturated heterocycles. The van der Waals surface area contributed by atoms with Crippen molar-refractivity contribution in [3.8, 4) is 0 Å². The minimum absolute atomic E-state index is 0.318. The van der Waals surface area contributed by atoms with Crippen LogP contribution in [-0.4, -0.2) is 54.1 Å². The van der Waals surface area contributed by atoms with Gasteiger partial charge in [0.1, 0.15) is 11.9 Å². The standard InChI is InChI=1S/C17H19FN2O2/c1-19-8-10-20(11-9-19)16(17(21)22)14-6-7-15(18)13-5-3-2-4-12(13)14/h2-7,16H,8-11H2,1H3,(H,21,22). The molecule has 1 aliphatic heterocycles. The molecule has 1 unspecified atom stereocenters. The quantitative estimate of drug-likeness (QED) is 0.945. The number of carboxylic acid groups (broad SMARTS) is 1. The molecule has 4 nitrogen and oxygen atoms in total. The summed E-state index contributed by atoms with van der Waals surface area (Å²) in [5.74, 6) is -1.21. The molecular weight excluding hydrogens is 283 g/mol. The third-order valence-corrected chi connectivity index (χ3v) is 4.34. The monoisotopic (exact) mass is 302 g/mol. The van der Waals surface area contributed by atoms with E-state index in [0.717, 1.165) is 13.1 Å². The number of hydrogen-bond donors (Lipinski definition) is 1. The molecule has 22 heavy (non-hydrogen) atoms. The fraction of sp³-hybridized carbons (Fsp3) is 0.353. The van der Waals surface area contributed by atoms with E-state index >= 15 is 0 Å². The Hall–Kier alpha value is -1.98. The first-order valence-corrected chi connectivity index (χ1v) is 7.40. The van der Waals surface area contributed by atoms with Crippen LogP contribution in [0.5, 0.6) is 0 Å². The lowest BCUT2D eigenvalue weighted by molar-refractivity contribution is -0.144. The van der Waals surface area contributed by atoms with Crippen LogP contribution in [0, 0.1) is 5.82 Å². The largest absolute Gasteiger partial charge is 0.480 e. The van der Waals surface area contributed by atoms with Crippen molar-refractivity contribution in [3.63, 3.8) is 0 Å². The van der Waals surface area contributed by atoms with E-state index < -0.39 is 12.0 Å². The number of piperazine rings is 1. The lowest BCUT2D eigenvalue weighted by Gasteiger charge is -2.36. The molecule has 2 aromatic rings. The molecular formula is C17H19FN2O2. The average molecular weight is 302 g/mol. The van der Waals surface area contributed by atoms with Gasteiger partial charge in [0.25, 0.3) is 0 Å². The van der Waals surface area contributed by atoms with Gasteiger partial charge in [-0.1, -0.05) is 30.3 Å². The van der Waals surface area contributed by atoms with Crippen LogP contribution < -0.4 is 0 Å². The highest BCUT2D eigenvalue weighted by Crippen LogP contribution is 2.30. The van der Waals surface area contributed by atoms with Crippen LogP contribution in [0.15, 0.2) is 36.4 Å². The fourth-order valence-corrected chi connectivity index (χ4v) is 3.09. The molecule has 0 aromatic heterocycles. The molecule has 0 radical (unpaired) electrons. The van der Waals surface area contributed by atoms with Crippen LogP contribution in [0.4, 0.5) is 4.39 Å². The maximum Gasteiger partial charge on any atom is 0.325 e. The predicted molar refractivity (Wildman–Crippen MR) is 83.4 cm³/mol. The topological polar surface area (TPSA) is 43.8 Å². The summed E-state index contributed by atoms with van der Waals surface area (Å²) in [6.45, 7) is 3.06. The molecule has 1 fully saturated rings.